The van der Waals surface area contributed by atoms with E-state index in [2.05, 4.69) is 20.8 Å². The molecule has 1 aromatic carbocycles. The minimum Gasteiger partial charge on any atom is -0.446 e. The summed E-state index contributed by atoms with van der Waals surface area (Å²) in [6, 6.07) is 7.20. The van der Waals surface area contributed by atoms with Gasteiger partial charge >= 0.3 is 6.09 Å². The second-order valence-electron chi connectivity index (χ2n) is 8.21. The molecule has 0 unspecified atom stereocenters. The highest BCUT2D eigenvalue weighted by Crippen LogP contribution is 2.38. The standard InChI is InChI=1S/C20H27N5O4S/c1-12(2)21-20(26)29-14-8-7-13(9-14)17-10-19(24-23-17)22-16-5-4-6-18-15(16)11-25(3)30(18,27)28/h4-6,10,12-14H,7-9,11H2,1-3H3,(H,21,26)(H2,22,23,24)/t13-,14+/m0/s1. The Morgan fingerprint density at radius 1 is 1.33 bits per heavy atom. The number of ether oxygens (including phenoxy) is 1. The first-order chi connectivity index (χ1) is 14.2. The molecule has 9 nitrogen and oxygen atoms in total. The number of carbonyl (C=O) groups is 1. The molecule has 162 valence electrons. The normalized spacial score (nSPS) is 22.8. The average Bonchev–Trinajstić information content (AvgIpc) is 3.35. The Morgan fingerprint density at radius 3 is 2.90 bits per heavy atom. The summed E-state index contributed by atoms with van der Waals surface area (Å²) in [6.45, 7) is 4.12. The van der Waals surface area contributed by atoms with Crippen molar-refractivity contribution < 1.29 is 17.9 Å². The number of alkyl carbamates (subject to hydrolysis) is 1. The number of carbonyl (C=O) groups excluding carboxylic acids is 1. The Bertz CT molecular complexity index is 1050. The van der Waals surface area contributed by atoms with Gasteiger partial charge in [0.25, 0.3) is 0 Å². The number of hydrogen-bond acceptors (Lipinski definition) is 6. The second-order valence-corrected chi connectivity index (χ2v) is 10.2. The number of amides is 1. The van der Waals surface area contributed by atoms with Gasteiger partial charge in [-0.05, 0) is 45.2 Å². The molecule has 1 amide bonds. The van der Waals surface area contributed by atoms with Crippen LogP contribution in [0.4, 0.5) is 16.3 Å². The Hall–Kier alpha value is -2.59. The molecule has 0 spiro atoms. The van der Waals surface area contributed by atoms with E-state index in [1.165, 1.54) is 4.31 Å². The Morgan fingerprint density at radius 2 is 2.13 bits per heavy atom. The van der Waals surface area contributed by atoms with Crippen LogP contribution >= 0.6 is 0 Å². The topological polar surface area (TPSA) is 116 Å². The summed E-state index contributed by atoms with van der Waals surface area (Å²) in [6.07, 6.45) is 1.99. The number of nitrogens with one attached hydrogen (secondary N) is 3. The van der Waals surface area contributed by atoms with Crippen molar-refractivity contribution in [2.45, 2.75) is 62.6 Å². The van der Waals surface area contributed by atoms with Crippen LogP contribution in [0.5, 0.6) is 0 Å². The van der Waals surface area contributed by atoms with Gasteiger partial charge in [0, 0.05) is 48.6 Å². The molecule has 2 atom stereocenters. The van der Waals surface area contributed by atoms with Crippen molar-refractivity contribution in [2.75, 3.05) is 12.4 Å². The minimum atomic E-state index is -3.41. The molecule has 1 fully saturated rings. The molecule has 10 heteroatoms. The largest absolute Gasteiger partial charge is 0.446 e. The first-order valence-corrected chi connectivity index (χ1v) is 11.6. The van der Waals surface area contributed by atoms with Crippen molar-refractivity contribution in [1.29, 1.82) is 0 Å². The lowest BCUT2D eigenvalue weighted by atomic mass is 10.0. The van der Waals surface area contributed by atoms with Crippen LogP contribution in [0, 0.1) is 0 Å². The lowest BCUT2D eigenvalue weighted by molar-refractivity contribution is 0.0981. The van der Waals surface area contributed by atoms with E-state index >= 15 is 0 Å². The number of fused-ring (bicyclic) bond motifs is 1. The fraction of sp³-hybridized carbons (Fsp3) is 0.500. The molecule has 2 aromatic rings. The van der Waals surface area contributed by atoms with Crippen molar-refractivity contribution in [3.63, 3.8) is 0 Å². The maximum absolute atomic E-state index is 12.4. The zero-order valence-corrected chi connectivity index (χ0v) is 18.1. The molecule has 0 radical (unpaired) electrons. The molecule has 0 bridgehead atoms. The van der Waals surface area contributed by atoms with E-state index in [9.17, 15) is 13.2 Å². The quantitative estimate of drug-likeness (QED) is 0.667. The number of nitrogens with zero attached hydrogens (tertiary/aromatic N) is 2. The molecule has 2 aliphatic rings. The van der Waals surface area contributed by atoms with E-state index in [4.69, 9.17) is 4.74 Å². The van der Waals surface area contributed by atoms with Crippen LogP contribution in [0.15, 0.2) is 29.2 Å². The number of H-pyrrole nitrogens is 1. The van der Waals surface area contributed by atoms with Crippen LogP contribution in [-0.2, 0) is 21.3 Å². The van der Waals surface area contributed by atoms with Gasteiger partial charge in [-0.1, -0.05) is 6.07 Å². The Labute approximate surface area is 176 Å². The van der Waals surface area contributed by atoms with Crippen LogP contribution in [-0.4, -0.2) is 48.2 Å². The van der Waals surface area contributed by atoms with Crippen LogP contribution < -0.4 is 10.6 Å². The van der Waals surface area contributed by atoms with Crippen molar-refractivity contribution in [3.05, 3.63) is 35.5 Å². The van der Waals surface area contributed by atoms with Gasteiger partial charge in [0.15, 0.2) is 5.82 Å². The predicted octanol–water partition coefficient (Wildman–Crippen LogP) is 3.06. The molecule has 2 heterocycles. The zero-order chi connectivity index (χ0) is 21.5. The maximum Gasteiger partial charge on any atom is 0.407 e. The molecule has 30 heavy (non-hydrogen) atoms. The van der Waals surface area contributed by atoms with Gasteiger partial charge in [0.2, 0.25) is 10.0 Å². The SMILES string of the molecule is CC(C)NC(=O)O[C@@H]1CC[C@H](c2cc(Nc3cccc4c3CN(C)S4(=O)=O)n[nH]2)C1. The summed E-state index contributed by atoms with van der Waals surface area (Å²) in [5, 5.41) is 13.4. The summed E-state index contributed by atoms with van der Waals surface area (Å²) in [7, 11) is -1.84. The molecular formula is C20H27N5O4S. The highest BCUT2D eigenvalue weighted by molar-refractivity contribution is 7.89. The van der Waals surface area contributed by atoms with Crippen LogP contribution in [0.1, 0.15) is 50.3 Å². The molecule has 1 aliphatic heterocycles. The lowest BCUT2D eigenvalue weighted by Gasteiger charge is -2.14. The molecule has 0 saturated heterocycles. The summed E-state index contributed by atoms with van der Waals surface area (Å²) in [5.41, 5.74) is 2.46. The summed E-state index contributed by atoms with van der Waals surface area (Å²) < 4.78 is 31.6. The van der Waals surface area contributed by atoms with Crippen molar-refractivity contribution >= 4 is 27.6 Å². The van der Waals surface area contributed by atoms with E-state index in [-0.39, 0.29) is 24.2 Å². The smallest absolute Gasteiger partial charge is 0.407 e. The van der Waals surface area contributed by atoms with Crippen molar-refractivity contribution in [1.82, 2.24) is 19.8 Å². The number of aromatic amines is 1. The fourth-order valence-corrected chi connectivity index (χ4v) is 5.43. The van der Waals surface area contributed by atoms with Gasteiger partial charge in [0.1, 0.15) is 6.10 Å². The van der Waals surface area contributed by atoms with E-state index in [0.717, 1.165) is 36.2 Å². The number of aromatic nitrogens is 2. The first-order valence-electron chi connectivity index (χ1n) is 10.1. The molecule has 1 saturated carbocycles. The lowest BCUT2D eigenvalue weighted by Crippen LogP contribution is -2.33. The third-order valence-electron chi connectivity index (χ3n) is 5.57. The van der Waals surface area contributed by atoms with E-state index in [0.29, 0.717) is 17.3 Å². The number of hydrogen-bond donors (Lipinski definition) is 3. The molecule has 1 aliphatic carbocycles. The molecular weight excluding hydrogens is 406 g/mol. The van der Waals surface area contributed by atoms with Crippen LogP contribution in [0.2, 0.25) is 0 Å². The van der Waals surface area contributed by atoms with Gasteiger partial charge in [-0.15, -0.1) is 0 Å². The summed E-state index contributed by atoms with van der Waals surface area (Å²) in [5.74, 6) is 0.866. The van der Waals surface area contributed by atoms with Crippen molar-refractivity contribution in [2.24, 2.45) is 0 Å². The Kier molecular flexibility index (Phi) is 5.46. The minimum absolute atomic E-state index is 0.0464. The first kappa shape index (κ1) is 20.7. The number of benzene rings is 1. The van der Waals surface area contributed by atoms with Gasteiger partial charge in [-0.25, -0.2) is 13.2 Å². The molecule has 1 aromatic heterocycles. The van der Waals surface area contributed by atoms with Gasteiger partial charge in [-0.3, -0.25) is 5.10 Å². The maximum atomic E-state index is 12.4. The number of rotatable bonds is 5. The highest BCUT2D eigenvalue weighted by Gasteiger charge is 2.34. The van der Waals surface area contributed by atoms with E-state index < -0.39 is 10.0 Å². The van der Waals surface area contributed by atoms with E-state index in [1.807, 2.05) is 26.0 Å². The highest BCUT2D eigenvalue weighted by atomic mass is 32.2. The third kappa shape index (κ3) is 4.01. The Balaban J connectivity index is 1.42. The molecule has 3 N–H and O–H groups in total. The third-order valence-corrected chi connectivity index (χ3v) is 7.46. The summed E-state index contributed by atoms with van der Waals surface area (Å²) >= 11 is 0. The summed E-state index contributed by atoms with van der Waals surface area (Å²) in [4.78, 5) is 12.1. The monoisotopic (exact) mass is 433 g/mol. The molecule has 4 rings (SSSR count). The number of sulfonamides is 1. The van der Waals surface area contributed by atoms with Crippen LogP contribution in [0.3, 0.4) is 0 Å². The van der Waals surface area contributed by atoms with Gasteiger partial charge in [-0.2, -0.15) is 9.40 Å². The van der Waals surface area contributed by atoms with Gasteiger partial charge in [0.05, 0.1) is 4.90 Å². The zero-order valence-electron chi connectivity index (χ0n) is 17.3. The van der Waals surface area contributed by atoms with Crippen molar-refractivity contribution in [3.8, 4) is 0 Å². The fourth-order valence-electron chi connectivity index (χ4n) is 4.06. The number of anilines is 2. The average molecular weight is 434 g/mol. The predicted molar refractivity (Wildman–Crippen MR) is 112 cm³/mol. The second kappa shape index (κ2) is 7.92. The van der Waals surface area contributed by atoms with Crippen LogP contribution in [0.25, 0.3) is 0 Å². The van der Waals surface area contributed by atoms with Gasteiger partial charge < -0.3 is 15.4 Å². The van der Waals surface area contributed by atoms with E-state index in [1.54, 1.807) is 19.2 Å².